The molecule has 6 nitrogen and oxygen atoms in total. The first kappa shape index (κ1) is 14.1. The Labute approximate surface area is 83.6 Å². The van der Waals surface area contributed by atoms with Crippen molar-refractivity contribution in [3.8, 4) is 0 Å². The Bertz CT molecular complexity index is 291. The molecule has 86 valence electrons. The summed E-state index contributed by atoms with van der Waals surface area (Å²) in [6.07, 6.45) is 2.92. The maximum absolute atomic E-state index is 10.9. The fourth-order valence-corrected chi connectivity index (χ4v) is 2.93. The van der Waals surface area contributed by atoms with Gasteiger partial charge in [-0.1, -0.05) is 26.2 Å². The lowest BCUT2D eigenvalue weighted by Gasteiger charge is -2.05. The molecule has 8 heteroatoms. The Balaban J connectivity index is 3.92. The molecule has 0 aliphatic rings. The monoisotopic (exact) mass is 246 g/mol. The number of rotatable bonds is 7. The van der Waals surface area contributed by atoms with Crippen molar-refractivity contribution in [1.82, 2.24) is 0 Å². The van der Waals surface area contributed by atoms with Crippen molar-refractivity contribution in [2.24, 2.45) is 0 Å². The van der Waals surface area contributed by atoms with Crippen LogP contribution >= 0.6 is 7.82 Å². The Morgan fingerprint density at radius 1 is 1.21 bits per heavy atom. The first-order chi connectivity index (χ1) is 6.27. The zero-order valence-corrected chi connectivity index (χ0v) is 9.63. The molecule has 0 radical (unpaired) electrons. The molecule has 0 aromatic rings. The van der Waals surface area contributed by atoms with Crippen LogP contribution in [0.5, 0.6) is 0 Å². The second kappa shape index (κ2) is 5.82. The zero-order chi connectivity index (χ0) is 11.2. The van der Waals surface area contributed by atoms with Gasteiger partial charge in [-0.25, -0.2) is 4.57 Å². The van der Waals surface area contributed by atoms with Crippen LogP contribution in [-0.2, 0) is 18.7 Å². The van der Waals surface area contributed by atoms with E-state index in [4.69, 9.17) is 9.79 Å². The normalized spacial score (nSPS) is 13.1. The van der Waals surface area contributed by atoms with Crippen molar-refractivity contribution in [3.05, 3.63) is 0 Å². The molecule has 0 unspecified atom stereocenters. The van der Waals surface area contributed by atoms with Crippen molar-refractivity contribution in [3.63, 3.8) is 0 Å². The molecule has 0 aliphatic heterocycles. The van der Waals surface area contributed by atoms with Gasteiger partial charge < -0.3 is 9.79 Å². The number of hydrogen-bond donors (Lipinski definition) is 2. The van der Waals surface area contributed by atoms with Crippen molar-refractivity contribution in [2.45, 2.75) is 32.6 Å². The minimum atomic E-state index is -4.93. The van der Waals surface area contributed by atoms with Gasteiger partial charge in [-0.05, 0) is 6.42 Å². The summed E-state index contributed by atoms with van der Waals surface area (Å²) in [5.74, 6) is -0.349. The van der Waals surface area contributed by atoms with E-state index in [9.17, 15) is 13.0 Å². The predicted octanol–water partition coefficient (Wildman–Crippen LogP) is 1.01. The van der Waals surface area contributed by atoms with E-state index in [1.165, 1.54) is 0 Å². The Hall–Kier alpha value is 0.0600. The van der Waals surface area contributed by atoms with Crippen LogP contribution < -0.4 is 0 Å². The summed E-state index contributed by atoms with van der Waals surface area (Å²) in [4.78, 5) is 16.5. The molecule has 0 heterocycles. The van der Waals surface area contributed by atoms with Gasteiger partial charge in [0.05, 0.1) is 5.75 Å². The van der Waals surface area contributed by atoms with E-state index in [1.54, 1.807) is 0 Å². The summed E-state index contributed by atoms with van der Waals surface area (Å²) in [6, 6.07) is 0. The van der Waals surface area contributed by atoms with Crippen LogP contribution in [0.3, 0.4) is 0 Å². The van der Waals surface area contributed by atoms with Crippen molar-refractivity contribution < 1.29 is 26.7 Å². The molecule has 0 saturated heterocycles. The molecular weight excluding hydrogens is 231 g/mol. The van der Waals surface area contributed by atoms with Gasteiger partial charge in [-0.2, -0.15) is 12.4 Å². The average Bonchev–Trinajstić information content (AvgIpc) is 1.93. The molecule has 0 saturated carbocycles. The molecule has 2 N–H and O–H groups in total. The molecule has 0 aromatic heterocycles. The molecule has 0 rings (SSSR count). The van der Waals surface area contributed by atoms with Crippen LogP contribution in [0.4, 0.5) is 0 Å². The van der Waals surface area contributed by atoms with E-state index >= 15 is 0 Å². The lowest BCUT2D eigenvalue weighted by molar-refractivity contribution is 0.285. The number of hydrogen-bond acceptors (Lipinski definition) is 4. The lowest BCUT2D eigenvalue weighted by Crippen LogP contribution is -2.08. The fourth-order valence-electron chi connectivity index (χ4n) is 0.891. The summed E-state index contributed by atoms with van der Waals surface area (Å²) < 4.78 is 35.7. The van der Waals surface area contributed by atoms with E-state index in [1.807, 2.05) is 6.92 Å². The third-order valence-corrected chi connectivity index (χ3v) is 3.93. The van der Waals surface area contributed by atoms with E-state index in [0.717, 1.165) is 12.8 Å². The van der Waals surface area contributed by atoms with Gasteiger partial charge in [0.25, 0.3) is 10.1 Å². The standard InChI is InChI=1S/C6H15O6PS/c1-2-3-4-5-6-14(10,11)12-13(7,8)9/h2-6H2,1H3,(H2,7,8,9). The number of unbranched alkanes of at least 4 members (excludes halogenated alkanes) is 3. The maximum atomic E-state index is 10.9. The zero-order valence-electron chi connectivity index (χ0n) is 7.92. The van der Waals surface area contributed by atoms with Gasteiger partial charge in [-0.15, -0.1) is 0 Å². The molecule has 0 atom stereocenters. The van der Waals surface area contributed by atoms with Crippen LogP contribution in [0.25, 0.3) is 0 Å². The van der Waals surface area contributed by atoms with Gasteiger partial charge in [0, 0.05) is 0 Å². The van der Waals surface area contributed by atoms with E-state index < -0.39 is 17.9 Å². The highest BCUT2D eigenvalue weighted by Gasteiger charge is 2.24. The van der Waals surface area contributed by atoms with Gasteiger partial charge in [0.2, 0.25) is 0 Å². The minimum Gasteiger partial charge on any atom is -0.302 e. The highest BCUT2D eigenvalue weighted by Crippen LogP contribution is 2.38. The third kappa shape index (κ3) is 8.65. The Morgan fingerprint density at radius 2 is 1.79 bits per heavy atom. The molecule has 0 amide bonds. The average molecular weight is 246 g/mol. The molecule has 14 heavy (non-hydrogen) atoms. The van der Waals surface area contributed by atoms with E-state index in [2.05, 4.69) is 3.97 Å². The SMILES string of the molecule is CCCCCCS(=O)(=O)OP(=O)(O)O. The first-order valence-corrected chi connectivity index (χ1v) is 7.37. The van der Waals surface area contributed by atoms with E-state index in [-0.39, 0.29) is 5.75 Å². The molecule has 0 fully saturated rings. The molecule has 0 aliphatic carbocycles. The highest BCUT2D eigenvalue weighted by molar-refractivity contribution is 7.90. The first-order valence-electron chi connectivity index (χ1n) is 4.26. The molecular formula is C6H15O6PS. The summed E-state index contributed by atoms with van der Waals surface area (Å²) in [5, 5.41) is 0. The fraction of sp³-hybridized carbons (Fsp3) is 1.00. The number of phosphoric acid groups is 1. The topological polar surface area (TPSA) is 101 Å². The van der Waals surface area contributed by atoms with Gasteiger partial charge in [-0.3, -0.25) is 0 Å². The summed E-state index contributed by atoms with van der Waals surface area (Å²) >= 11 is 0. The van der Waals surface area contributed by atoms with Crippen LogP contribution in [-0.4, -0.2) is 24.0 Å². The molecule has 0 spiro atoms. The second-order valence-electron chi connectivity index (χ2n) is 2.89. The highest BCUT2D eigenvalue weighted by atomic mass is 32.2. The van der Waals surface area contributed by atoms with Crippen molar-refractivity contribution in [1.29, 1.82) is 0 Å². The quantitative estimate of drug-likeness (QED) is 0.513. The second-order valence-corrected chi connectivity index (χ2v) is 5.99. The Kier molecular flexibility index (Phi) is 5.85. The van der Waals surface area contributed by atoms with Gasteiger partial charge >= 0.3 is 7.82 Å². The lowest BCUT2D eigenvalue weighted by atomic mass is 10.2. The van der Waals surface area contributed by atoms with Crippen LogP contribution in [0.15, 0.2) is 0 Å². The smallest absolute Gasteiger partial charge is 0.302 e. The van der Waals surface area contributed by atoms with E-state index in [0.29, 0.717) is 12.8 Å². The van der Waals surface area contributed by atoms with Crippen molar-refractivity contribution in [2.75, 3.05) is 5.75 Å². The van der Waals surface area contributed by atoms with Crippen LogP contribution in [0.2, 0.25) is 0 Å². The maximum Gasteiger partial charge on any atom is 0.484 e. The summed E-state index contributed by atoms with van der Waals surface area (Å²) in [6.45, 7) is 1.97. The molecule has 0 aromatic carbocycles. The predicted molar refractivity (Wildman–Crippen MR) is 51.1 cm³/mol. The van der Waals surface area contributed by atoms with Gasteiger partial charge in [0.15, 0.2) is 0 Å². The van der Waals surface area contributed by atoms with Crippen LogP contribution in [0.1, 0.15) is 32.6 Å². The van der Waals surface area contributed by atoms with Crippen LogP contribution in [0, 0.1) is 0 Å². The summed E-state index contributed by atoms with van der Waals surface area (Å²) in [7, 11) is -9.01. The Morgan fingerprint density at radius 3 is 2.21 bits per heavy atom. The molecule has 0 bridgehead atoms. The van der Waals surface area contributed by atoms with Crippen molar-refractivity contribution >= 4 is 17.9 Å². The third-order valence-electron chi connectivity index (χ3n) is 1.46. The minimum absolute atomic E-state index is 0.349. The van der Waals surface area contributed by atoms with Gasteiger partial charge in [0.1, 0.15) is 0 Å². The largest absolute Gasteiger partial charge is 0.484 e. The summed E-state index contributed by atoms with van der Waals surface area (Å²) in [5.41, 5.74) is 0.